The number of rotatable bonds is 3. The van der Waals surface area contributed by atoms with E-state index in [0.717, 1.165) is 11.6 Å². The van der Waals surface area contributed by atoms with Crippen molar-refractivity contribution in [1.82, 2.24) is 5.32 Å². The molecule has 3 N–H and O–H groups in total. The molecule has 5 nitrogen and oxygen atoms in total. The van der Waals surface area contributed by atoms with Crippen LogP contribution in [-0.2, 0) is 4.79 Å². The Balaban J connectivity index is 2.27. The van der Waals surface area contributed by atoms with Gasteiger partial charge >= 0.3 is 5.97 Å². The van der Waals surface area contributed by atoms with Gasteiger partial charge in [0.1, 0.15) is 11.6 Å². The van der Waals surface area contributed by atoms with E-state index in [1.54, 1.807) is 6.92 Å². The zero-order chi connectivity index (χ0) is 14.9. The van der Waals surface area contributed by atoms with Crippen LogP contribution in [0.25, 0.3) is 0 Å². The van der Waals surface area contributed by atoms with E-state index >= 15 is 0 Å². The van der Waals surface area contributed by atoms with Crippen LogP contribution in [0.3, 0.4) is 0 Å². The molecule has 20 heavy (non-hydrogen) atoms. The monoisotopic (exact) mass is 282 g/mol. The van der Waals surface area contributed by atoms with Gasteiger partial charge in [-0.25, -0.2) is 13.6 Å². The molecule has 0 radical (unpaired) electrons. The van der Waals surface area contributed by atoms with Crippen LogP contribution in [0.4, 0.5) is 14.5 Å². The van der Waals surface area contributed by atoms with E-state index in [1.165, 1.54) is 0 Å². The molecule has 1 fully saturated rings. The van der Waals surface area contributed by atoms with Crippen molar-refractivity contribution in [3.05, 3.63) is 40.5 Å². The Kier molecular flexibility index (Phi) is 3.80. The fourth-order valence-corrected chi connectivity index (χ4v) is 1.70. The Morgan fingerprint density at radius 3 is 2.40 bits per heavy atom. The van der Waals surface area contributed by atoms with Crippen LogP contribution in [0.15, 0.2) is 23.3 Å². The van der Waals surface area contributed by atoms with Gasteiger partial charge in [-0.05, 0) is 18.6 Å². The minimum absolute atomic E-state index is 0.360. The van der Waals surface area contributed by atoms with Gasteiger partial charge in [-0.3, -0.25) is 4.79 Å². The highest BCUT2D eigenvalue weighted by Gasteiger charge is 2.19. The molecule has 0 aromatic heterocycles. The Bertz CT molecular complexity index is 620. The topological polar surface area (TPSA) is 78.4 Å². The molecule has 0 spiro atoms. The van der Waals surface area contributed by atoms with Crippen molar-refractivity contribution >= 4 is 17.6 Å². The quantitative estimate of drug-likeness (QED) is 0.734. The number of benzene rings is 1. The third-order valence-electron chi connectivity index (χ3n) is 3.08. The van der Waals surface area contributed by atoms with Crippen molar-refractivity contribution in [2.75, 3.05) is 18.4 Å². The van der Waals surface area contributed by atoms with Crippen LogP contribution >= 0.6 is 0 Å². The third-order valence-corrected chi connectivity index (χ3v) is 3.08. The van der Waals surface area contributed by atoms with Crippen LogP contribution in [0.1, 0.15) is 17.3 Å². The number of halogens is 2. The average molecular weight is 282 g/mol. The summed E-state index contributed by atoms with van der Waals surface area (Å²) in [4.78, 5) is 22.6. The van der Waals surface area contributed by atoms with Gasteiger partial charge in [0.15, 0.2) is 0 Å². The maximum Gasteiger partial charge on any atom is 0.338 e. The van der Waals surface area contributed by atoms with Crippen LogP contribution in [0.5, 0.6) is 0 Å². The number of carbonyl (C=O) groups is 2. The molecule has 0 saturated carbocycles. The molecular weight excluding hydrogens is 270 g/mol. The molecule has 1 heterocycles. The first-order valence-electron chi connectivity index (χ1n) is 5.83. The molecule has 7 heteroatoms. The zero-order valence-electron chi connectivity index (χ0n) is 10.6. The molecule has 1 amide bonds. The van der Waals surface area contributed by atoms with Gasteiger partial charge in [0.2, 0.25) is 0 Å². The summed E-state index contributed by atoms with van der Waals surface area (Å²) in [5, 5.41) is 14.0. The van der Waals surface area contributed by atoms with Gasteiger partial charge in [0.05, 0.1) is 11.3 Å². The highest BCUT2D eigenvalue weighted by atomic mass is 19.1. The van der Waals surface area contributed by atoms with Crippen molar-refractivity contribution in [3.8, 4) is 0 Å². The van der Waals surface area contributed by atoms with Crippen molar-refractivity contribution < 1.29 is 23.5 Å². The second kappa shape index (κ2) is 5.38. The number of nitrogens with one attached hydrogen (secondary N) is 2. The number of carboxylic acids is 1. The van der Waals surface area contributed by atoms with Crippen molar-refractivity contribution in [2.45, 2.75) is 6.92 Å². The minimum atomic E-state index is -1.53. The summed E-state index contributed by atoms with van der Waals surface area (Å²) in [6.45, 7) is 2.77. The number of hydrogen-bond acceptors (Lipinski definition) is 3. The molecule has 0 aliphatic carbocycles. The first-order chi connectivity index (χ1) is 9.40. The number of aromatic carboxylic acids is 1. The molecule has 1 aromatic carbocycles. The van der Waals surface area contributed by atoms with Gasteiger partial charge in [-0.1, -0.05) is 0 Å². The van der Waals surface area contributed by atoms with Crippen molar-refractivity contribution in [3.63, 3.8) is 0 Å². The summed E-state index contributed by atoms with van der Waals surface area (Å²) in [7, 11) is 0. The standard InChI is InChI=1S/C13H12F2N2O3/c1-6(7-4-16-5-7)12(18)17-11-2-8(13(19)20)9(14)3-10(11)15/h2-3,16H,4-5H2,1H3,(H,17,18)(H,19,20). The van der Waals surface area contributed by atoms with E-state index in [1.807, 2.05) is 0 Å². The van der Waals surface area contributed by atoms with Crippen LogP contribution in [0, 0.1) is 11.6 Å². The first kappa shape index (κ1) is 14.1. The summed E-state index contributed by atoms with van der Waals surface area (Å²) in [5.74, 6) is -4.28. The summed E-state index contributed by atoms with van der Waals surface area (Å²) in [6.07, 6.45) is 0. The smallest absolute Gasteiger partial charge is 0.338 e. The van der Waals surface area contributed by atoms with Gasteiger partial charge in [0, 0.05) is 24.7 Å². The Morgan fingerprint density at radius 1 is 1.25 bits per heavy atom. The molecule has 1 aromatic rings. The minimum Gasteiger partial charge on any atom is -0.478 e. The number of anilines is 1. The lowest BCUT2D eigenvalue weighted by Gasteiger charge is -2.21. The molecule has 1 saturated heterocycles. The first-order valence-corrected chi connectivity index (χ1v) is 5.83. The summed E-state index contributed by atoms with van der Waals surface area (Å²) < 4.78 is 26.8. The zero-order valence-corrected chi connectivity index (χ0v) is 10.6. The molecule has 106 valence electrons. The van der Waals surface area contributed by atoms with E-state index < -0.39 is 29.1 Å². The number of carbonyl (C=O) groups excluding carboxylic acids is 1. The fraction of sp³-hybridized carbons (Fsp3) is 0.231. The third kappa shape index (κ3) is 2.67. The molecule has 0 unspecified atom stereocenters. The van der Waals surface area contributed by atoms with Gasteiger partial charge in [-0.2, -0.15) is 0 Å². The highest BCUT2D eigenvalue weighted by molar-refractivity contribution is 6.04. The van der Waals surface area contributed by atoms with E-state index in [0.29, 0.717) is 24.7 Å². The van der Waals surface area contributed by atoms with E-state index in [2.05, 4.69) is 10.6 Å². The predicted octanol–water partition coefficient (Wildman–Crippen LogP) is 1.52. The second-order valence-corrected chi connectivity index (χ2v) is 4.40. The molecule has 1 aliphatic heterocycles. The lowest BCUT2D eigenvalue weighted by atomic mass is 10.0. The highest BCUT2D eigenvalue weighted by Crippen LogP contribution is 2.21. The largest absolute Gasteiger partial charge is 0.478 e. The molecular formula is C13H12F2N2O3. The van der Waals surface area contributed by atoms with E-state index in [4.69, 9.17) is 5.11 Å². The fourth-order valence-electron chi connectivity index (χ4n) is 1.70. The Labute approximate surface area is 113 Å². The van der Waals surface area contributed by atoms with Crippen LogP contribution < -0.4 is 10.6 Å². The Hall–Kier alpha value is -2.28. The van der Waals surface area contributed by atoms with Crippen molar-refractivity contribution in [1.29, 1.82) is 0 Å². The molecule has 2 rings (SSSR count). The lowest BCUT2D eigenvalue weighted by molar-refractivity contribution is -0.112. The number of hydrogen-bond donors (Lipinski definition) is 3. The van der Waals surface area contributed by atoms with E-state index in [-0.39, 0.29) is 5.69 Å². The summed E-state index contributed by atoms with van der Waals surface area (Å²) in [6, 6.07) is 1.20. The molecule has 1 aliphatic rings. The van der Waals surface area contributed by atoms with Gasteiger partial charge < -0.3 is 15.7 Å². The molecule has 0 atom stereocenters. The van der Waals surface area contributed by atoms with Gasteiger partial charge in [0.25, 0.3) is 5.91 Å². The molecule has 0 bridgehead atoms. The summed E-state index contributed by atoms with van der Waals surface area (Å²) >= 11 is 0. The van der Waals surface area contributed by atoms with Crippen LogP contribution in [-0.4, -0.2) is 30.1 Å². The maximum atomic E-state index is 13.5. The van der Waals surface area contributed by atoms with E-state index in [9.17, 15) is 18.4 Å². The SMILES string of the molecule is CC(C(=O)Nc1cc(C(=O)O)c(F)cc1F)=C1CNC1. The van der Waals surface area contributed by atoms with Gasteiger partial charge in [-0.15, -0.1) is 0 Å². The normalized spacial score (nSPS) is 13.7. The number of amides is 1. The number of carboxylic acid groups (broad SMARTS) is 1. The Morgan fingerprint density at radius 2 is 1.90 bits per heavy atom. The van der Waals surface area contributed by atoms with Crippen molar-refractivity contribution in [2.24, 2.45) is 0 Å². The maximum absolute atomic E-state index is 13.5. The summed E-state index contributed by atoms with van der Waals surface area (Å²) in [5.41, 5.74) is 0.270. The average Bonchev–Trinajstić information content (AvgIpc) is 2.29. The van der Waals surface area contributed by atoms with Crippen LogP contribution in [0.2, 0.25) is 0 Å². The second-order valence-electron chi connectivity index (χ2n) is 4.40. The predicted molar refractivity (Wildman–Crippen MR) is 67.5 cm³/mol. The lowest BCUT2D eigenvalue weighted by Crippen LogP contribution is -2.36.